The van der Waals surface area contributed by atoms with Gasteiger partial charge in [0.1, 0.15) is 12.4 Å². The lowest BCUT2D eigenvalue weighted by Gasteiger charge is -2.07. The van der Waals surface area contributed by atoms with E-state index >= 15 is 0 Å². The van der Waals surface area contributed by atoms with Crippen LogP contribution in [0.25, 0.3) is 0 Å². The number of aromatic hydroxyl groups is 1. The number of benzene rings is 1. The van der Waals surface area contributed by atoms with Crippen molar-refractivity contribution in [2.75, 3.05) is 6.61 Å². The number of aliphatic hydroxyl groups excluding tert-OH is 1. The highest BCUT2D eigenvalue weighted by Gasteiger charge is 2.20. The van der Waals surface area contributed by atoms with Gasteiger partial charge in [0, 0.05) is 16.9 Å². The topological polar surface area (TPSA) is 83.6 Å². The molecule has 0 heterocycles. The van der Waals surface area contributed by atoms with Crippen LogP contribution in [0.4, 0.5) is 0 Å². The molecule has 1 atom stereocenters. The minimum atomic E-state index is -1.05. The van der Waals surface area contributed by atoms with Crippen LogP contribution in [0.2, 0.25) is 0 Å². The molecule has 0 aliphatic rings. The molecule has 0 aromatic heterocycles. The van der Waals surface area contributed by atoms with Crippen LogP contribution in [-0.4, -0.2) is 27.8 Å². The first-order valence-corrected chi connectivity index (χ1v) is 4.16. The second-order valence-corrected chi connectivity index (χ2v) is 2.95. The largest absolute Gasteiger partial charge is 0.508 e. The Hall–Kier alpha value is -1.62. The van der Waals surface area contributed by atoms with E-state index < -0.39 is 17.6 Å². The molecule has 0 aliphatic carbocycles. The maximum atomic E-state index is 10.4. The number of nitrogens with zero attached hydrogens (tertiary/aromatic N) is 1. The van der Waals surface area contributed by atoms with Gasteiger partial charge < -0.3 is 10.2 Å². The summed E-state index contributed by atoms with van der Waals surface area (Å²) in [6.45, 7) is -0.526. The Balaban J connectivity index is 2.77. The number of phenols is 1. The zero-order chi connectivity index (χ0) is 10.6. The van der Waals surface area contributed by atoms with Gasteiger partial charge in [-0.1, -0.05) is 18.2 Å². The van der Waals surface area contributed by atoms with Gasteiger partial charge in [0.15, 0.2) is 0 Å². The van der Waals surface area contributed by atoms with Crippen molar-refractivity contribution < 1.29 is 15.1 Å². The Morgan fingerprint density at radius 3 is 2.57 bits per heavy atom. The van der Waals surface area contributed by atoms with Crippen molar-refractivity contribution in [3.63, 3.8) is 0 Å². The van der Waals surface area contributed by atoms with Gasteiger partial charge in [0.25, 0.3) is 0 Å². The van der Waals surface area contributed by atoms with Crippen LogP contribution < -0.4 is 0 Å². The molecule has 1 aromatic carbocycles. The number of nitro groups is 1. The second kappa shape index (κ2) is 4.57. The van der Waals surface area contributed by atoms with E-state index in [-0.39, 0.29) is 12.2 Å². The van der Waals surface area contributed by atoms with Gasteiger partial charge in [-0.3, -0.25) is 10.1 Å². The van der Waals surface area contributed by atoms with E-state index in [1.54, 1.807) is 18.2 Å². The van der Waals surface area contributed by atoms with Gasteiger partial charge in [-0.15, -0.1) is 0 Å². The number of hydrogen-bond acceptors (Lipinski definition) is 4. The summed E-state index contributed by atoms with van der Waals surface area (Å²) in [6.07, 6.45) is 0.0379. The van der Waals surface area contributed by atoms with Crippen molar-refractivity contribution >= 4 is 0 Å². The molecule has 5 heteroatoms. The van der Waals surface area contributed by atoms with Crippen LogP contribution in [0.3, 0.4) is 0 Å². The number of hydrogen-bond donors (Lipinski definition) is 2. The number of para-hydroxylation sites is 1. The number of phenolic OH excluding ortho intramolecular Hbond substituents is 1. The molecular weight excluding hydrogens is 186 g/mol. The standard InChI is InChI=1S/C9H11NO4/c11-6-8(10(13)14)5-7-3-1-2-4-9(7)12/h1-4,8,11-12H,5-6H2. The summed E-state index contributed by atoms with van der Waals surface area (Å²) in [5, 5.41) is 28.5. The van der Waals surface area contributed by atoms with Crippen molar-refractivity contribution in [2.45, 2.75) is 12.5 Å². The van der Waals surface area contributed by atoms with Crippen LogP contribution in [0.15, 0.2) is 24.3 Å². The molecule has 0 spiro atoms. The molecule has 0 radical (unpaired) electrons. The first kappa shape index (κ1) is 10.5. The normalized spacial score (nSPS) is 12.4. The van der Waals surface area contributed by atoms with E-state index in [1.165, 1.54) is 6.07 Å². The minimum absolute atomic E-state index is 0.0211. The molecule has 0 aliphatic heterocycles. The molecule has 1 unspecified atom stereocenters. The molecule has 2 N–H and O–H groups in total. The summed E-state index contributed by atoms with van der Waals surface area (Å²) in [5.74, 6) is 0.0211. The first-order chi connectivity index (χ1) is 6.65. The Bertz CT molecular complexity index is 326. The average molecular weight is 197 g/mol. The van der Waals surface area contributed by atoms with Gasteiger partial charge in [-0.05, 0) is 6.07 Å². The summed E-state index contributed by atoms with van der Waals surface area (Å²) in [5.41, 5.74) is 0.475. The average Bonchev–Trinajstić information content (AvgIpc) is 2.16. The molecule has 0 saturated heterocycles. The monoisotopic (exact) mass is 197 g/mol. The van der Waals surface area contributed by atoms with Crippen molar-refractivity contribution in [1.82, 2.24) is 0 Å². The molecule has 0 saturated carbocycles. The summed E-state index contributed by atoms with van der Waals surface area (Å²) in [6, 6.07) is 5.33. The Morgan fingerprint density at radius 2 is 2.07 bits per heavy atom. The molecule has 0 amide bonds. The lowest BCUT2D eigenvalue weighted by Crippen LogP contribution is -2.26. The van der Waals surface area contributed by atoms with Gasteiger partial charge in [-0.25, -0.2) is 0 Å². The highest BCUT2D eigenvalue weighted by atomic mass is 16.6. The Labute approximate surface area is 80.8 Å². The summed E-state index contributed by atoms with van der Waals surface area (Å²) in [4.78, 5) is 9.86. The number of aliphatic hydroxyl groups is 1. The molecule has 0 bridgehead atoms. The molecule has 5 nitrogen and oxygen atoms in total. The third kappa shape index (κ3) is 2.43. The zero-order valence-corrected chi connectivity index (χ0v) is 7.46. The van der Waals surface area contributed by atoms with Crippen molar-refractivity contribution in [3.8, 4) is 5.75 Å². The summed E-state index contributed by atoms with van der Waals surface area (Å²) in [7, 11) is 0. The van der Waals surface area contributed by atoms with Crippen LogP contribution in [0.5, 0.6) is 5.75 Å². The predicted octanol–water partition coefficient (Wildman–Crippen LogP) is 0.572. The van der Waals surface area contributed by atoms with Gasteiger partial charge >= 0.3 is 0 Å². The smallest absolute Gasteiger partial charge is 0.239 e. The van der Waals surface area contributed by atoms with Crippen LogP contribution in [0.1, 0.15) is 5.56 Å². The molecule has 1 aromatic rings. The van der Waals surface area contributed by atoms with E-state index in [0.717, 1.165) is 0 Å². The third-order valence-corrected chi connectivity index (χ3v) is 1.96. The minimum Gasteiger partial charge on any atom is -0.508 e. The van der Waals surface area contributed by atoms with Gasteiger partial charge in [-0.2, -0.15) is 0 Å². The highest BCUT2D eigenvalue weighted by molar-refractivity contribution is 5.32. The third-order valence-electron chi connectivity index (χ3n) is 1.96. The SMILES string of the molecule is O=[N+]([O-])C(CO)Cc1ccccc1O. The maximum Gasteiger partial charge on any atom is 0.239 e. The van der Waals surface area contributed by atoms with Gasteiger partial charge in [0.05, 0.1) is 0 Å². The lowest BCUT2D eigenvalue weighted by molar-refractivity contribution is -0.525. The molecule has 0 fully saturated rings. The van der Waals surface area contributed by atoms with Crippen LogP contribution in [-0.2, 0) is 6.42 Å². The molecule has 14 heavy (non-hydrogen) atoms. The fourth-order valence-corrected chi connectivity index (χ4v) is 1.14. The fourth-order valence-electron chi connectivity index (χ4n) is 1.14. The summed E-state index contributed by atoms with van der Waals surface area (Å²) < 4.78 is 0. The predicted molar refractivity (Wildman–Crippen MR) is 49.7 cm³/mol. The highest BCUT2D eigenvalue weighted by Crippen LogP contribution is 2.17. The quantitative estimate of drug-likeness (QED) is 0.546. The Morgan fingerprint density at radius 1 is 1.43 bits per heavy atom. The van der Waals surface area contributed by atoms with Crippen molar-refractivity contribution in [1.29, 1.82) is 0 Å². The van der Waals surface area contributed by atoms with Crippen molar-refractivity contribution in [3.05, 3.63) is 39.9 Å². The van der Waals surface area contributed by atoms with E-state index in [4.69, 9.17) is 5.11 Å². The van der Waals surface area contributed by atoms with E-state index in [9.17, 15) is 15.2 Å². The van der Waals surface area contributed by atoms with Crippen LogP contribution in [0, 0.1) is 10.1 Å². The second-order valence-electron chi connectivity index (χ2n) is 2.95. The Kier molecular flexibility index (Phi) is 3.41. The summed E-state index contributed by atoms with van der Waals surface area (Å²) >= 11 is 0. The van der Waals surface area contributed by atoms with Crippen LogP contribution >= 0.6 is 0 Å². The molecule has 76 valence electrons. The molecular formula is C9H11NO4. The van der Waals surface area contributed by atoms with E-state index in [1.807, 2.05) is 0 Å². The maximum absolute atomic E-state index is 10.4. The lowest BCUT2D eigenvalue weighted by atomic mass is 10.1. The number of rotatable bonds is 4. The molecule has 1 rings (SSSR count). The van der Waals surface area contributed by atoms with E-state index in [0.29, 0.717) is 5.56 Å². The van der Waals surface area contributed by atoms with Crippen molar-refractivity contribution in [2.24, 2.45) is 0 Å². The zero-order valence-electron chi connectivity index (χ0n) is 7.46. The fraction of sp³-hybridized carbons (Fsp3) is 0.333. The first-order valence-electron chi connectivity index (χ1n) is 4.16. The van der Waals surface area contributed by atoms with E-state index in [2.05, 4.69) is 0 Å². The van der Waals surface area contributed by atoms with Gasteiger partial charge in [0.2, 0.25) is 6.04 Å².